The second kappa shape index (κ2) is 7.56. The molecule has 2 rings (SSSR count). The van der Waals surface area contributed by atoms with Crippen LogP contribution in [0.25, 0.3) is 5.57 Å². The minimum Gasteiger partial charge on any atom is -0.317 e. The Morgan fingerprint density at radius 2 is 1.86 bits per heavy atom. The first kappa shape index (κ1) is 16.0. The van der Waals surface area contributed by atoms with Gasteiger partial charge in [0, 0.05) is 0 Å². The quantitative estimate of drug-likeness (QED) is 0.824. The van der Waals surface area contributed by atoms with Crippen LogP contribution in [0.5, 0.6) is 0 Å². The third-order valence-corrected chi connectivity index (χ3v) is 4.71. The molecule has 1 aromatic rings. The fourth-order valence-electron chi connectivity index (χ4n) is 3.17. The largest absolute Gasteiger partial charge is 0.317 e. The van der Waals surface area contributed by atoms with E-state index in [0.29, 0.717) is 0 Å². The molecule has 0 amide bonds. The van der Waals surface area contributed by atoms with Gasteiger partial charge in [-0.25, -0.2) is 0 Å². The lowest BCUT2D eigenvalue weighted by Crippen LogP contribution is -2.27. The van der Waals surface area contributed by atoms with Crippen LogP contribution >= 0.6 is 0 Å². The number of benzene rings is 1. The van der Waals surface area contributed by atoms with Gasteiger partial charge in [0.1, 0.15) is 0 Å². The number of aryl methyl sites for hydroxylation is 1. The van der Waals surface area contributed by atoms with Crippen molar-refractivity contribution >= 4 is 11.4 Å². The molecule has 1 N–H and O–H groups in total. The van der Waals surface area contributed by atoms with Crippen LogP contribution in [0.2, 0.25) is 0 Å². The summed E-state index contributed by atoms with van der Waals surface area (Å²) in [5, 5.41) is 3.42. The maximum atomic E-state index is 11.9. The Morgan fingerprint density at radius 1 is 1.19 bits per heavy atom. The molecule has 0 aromatic heterocycles. The van der Waals surface area contributed by atoms with E-state index in [1.807, 2.05) is 6.92 Å². The zero-order chi connectivity index (χ0) is 15.2. The van der Waals surface area contributed by atoms with Crippen molar-refractivity contribution in [1.82, 2.24) is 5.32 Å². The first-order valence-electron chi connectivity index (χ1n) is 8.07. The Bertz CT molecular complexity index is 524. The highest BCUT2D eigenvalue weighted by molar-refractivity contribution is 6.00. The van der Waals surface area contributed by atoms with Crippen LogP contribution in [-0.4, -0.2) is 18.9 Å². The molecule has 0 saturated carbocycles. The number of hydrogen-bond acceptors (Lipinski definition) is 2. The van der Waals surface area contributed by atoms with E-state index in [-0.39, 0.29) is 5.78 Å². The monoisotopic (exact) mass is 285 g/mol. The van der Waals surface area contributed by atoms with Crippen LogP contribution in [0.15, 0.2) is 29.8 Å². The molecule has 2 heteroatoms. The van der Waals surface area contributed by atoms with E-state index < -0.39 is 0 Å². The molecule has 1 heterocycles. The summed E-state index contributed by atoms with van der Waals surface area (Å²) in [7, 11) is 0. The fraction of sp³-hybridized carbons (Fsp3) is 0.526. The topological polar surface area (TPSA) is 29.1 Å². The van der Waals surface area contributed by atoms with E-state index in [1.54, 1.807) is 6.92 Å². The lowest BCUT2D eigenvalue weighted by atomic mass is 9.86. The summed E-state index contributed by atoms with van der Waals surface area (Å²) in [5.74, 6) is 0.989. The highest BCUT2D eigenvalue weighted by Gasteiger charge is 2.16. The predicted molar refractivity (Wildman–Crippen MR) is 89.3 cm³/mol. The molecule has 0 unspecified atom stereocenters. The molecule has 1 fully saturated rings. The van der Waals surface area contributed by atoms with Crippen LogP contribution in [0.4, 0.5) is 0 Å². The van der Waals surface area contributed by atoms with Gasteiger partial charge in [0.15, 0.2) is 5.78 Å². The van der Waals surface area contributed by atoms with Gasteiger partial charge < -0.3 is 5.32 Å². The Balaban J connectivity index is 2.19. The van der Waals surface area contributed by atoms with Crippen molar-refractivity contribution in [3.63, 3.8) is 0 Å². The molecule has 0 radical (unpaired) electrons. The summed E-state index contributed by atoms with van der Waals surface area (Å²) in [6, 6.07) is 8.42. The predicted octanol–water partition coefficient (Wildman–Crippen LogP) is 4.14. The number of ketones is 1. The van der Waals surface area contributed by atoms with E-state index in [2.05, 4.69) is 36.5 Å². The van der Waals surface area contributed by atoms with Crippen LogP contribution in [0.1, 0.15) is 50.7 Å². The molecule has 114 valence electrons. The van der Waals surface area contributed by atoms with Gasteiger partial charge in [-0.1, -0.05) is 24.3 Å². The summed E-state index contributed by atoms with van der Waals surface area (Å²) in [5.41, 5.74) is 4.69. The summed E-state index contributed by atoms with van der Waals surface area (Å²) in [4.78, 5) is 11.9. The number of carbonyl (C=O) groups excluding carboxylic acids is 1. The lowest BCUT2D eigenvalue weighted by Gasteiger charge is -2.23. The summed E-state index contributed by atoms with van der Waals surface area (Å²) in [6.07, 6.45) is 4.73. The van der Waals surface area contributed by atoms with E-state index in [0.717, 1.165) is 31.0 Å². The molecule has 1 saturated heterocycles. The van der Waals surface area contributed by atoms with E-state index in [9.17, 15) is 4.79 Å². The number of carbonyl (C=O) groups is 1. The van der Waals surface area contributed by atoms with Crippen LogP contribution < -0.4 is 5.32 Å². The molecule has 1 aliphatic rings. The lowest BCUT2D eigenvalue weighted by molar-refractivity contribution is -0.113. The van der Waals surface area contributed by atoms with Crippen molar-refractivity contribution in [2.45, 2.75) is 46.5 Å². The van der Waals surface area contributed by atoms with Crippen LogP contribution in [0, 0.1) is 12.8 Å². The van der Waals surface area contributed by atoms with E-state index in [1.165, 1.54) is 36.0 Å². The maximum absolute atomic E-state index is 11.9. The van der Waals surface area contributed by atoms with Crippen molar-refractivity contribution in [3.05, 3.63) is 41.0 Å². The van der Waals surface area contributed by atoms with Crippen molar-refractivity contribution in [2.75, 3.05) is 13.1 Å². The van der Waals surface area contributed by atoms with Gasteiger partial charge in [-0.2, -0.15) is 0 Å². The second-order valence-corrected chi connectivity index (χ2v) is 6.21. The summed E-state index contributed by atoms with van der Waals surface area (Å²) in [6.45, 7) is 8.07. The normalized spacial score (nSPS) is 17.5. The van der Waals surface area contributed by atoms with Gasteiger partial charge in [0.05, 0.1) is 0 Å². The third kappa shape index (κ3) is 4.28. The Hall–Kier alpha value is -1.41. The van der Waals surface area contributed by atoms with Gasteiger partial charge in [-0.15, -0.1) is 0 Å². The van der Waals surface area contributed by atoms with Gasteiger partial charge in [-0.05, 0) is 87.7 Å². The van der Waals surface area contributed by atoms with Gasteiger partial charge >= 0.3 is 0 Å². The number of hydrogen-bond donors (Lipinski definition) is 1. The molecule has 0 atom stereocenters. The minimum absolute atomic E-state index is 0.193. The van der Waals surface area contributed by atoms with Crippen molar-refractivity contribution in [1.29, 1.82) is 0 Å². The zero-order valence-corrected chi connectivity index (χ0v) is 13.5. The molecular weight excluding hydrogens is 258 g/mol. The second-order valence-electron chi connectivity index (χ2n) is 6.21. The zero-order valence-electron chi connectivity index (χ0n) is 13.5. The first-order chi connectivity index (χ1) is 10.1. The fourth-order valence-corrected chi connectivity index (χ4v) is 3.17. The number of rotatable bonds is 5. The molecule has 2 nitrogen and oxygen atoms in total. The van der Waals surface area contributed by atoms with Gasteiger partial charge in [-0.3, -0.25) is 4.79 Å². The highest BCUT2D eigenvalue weighted by atomic mass is 16.1. The number of allylic oxidation sites excluding steroid dienone is 2. The number of nitrogens with one attached hydrogen (secondary N) is 1. The smallest absolute Gasteiger partial charge is 0.155 e. The number of Topliss-reactive ketones (excluding diaryl/α,β-unsaturated/α-hetero) is 1. The van der Waals surface area contributed by atoms with Gasteiger partial charge in [0.2, 0.25) is 0 Å². The van der Waals surface area contributed by atoms with Gasteiger partial charge in [0.25, 0.3) is 0 Å². The molecular formula is C19H27NO. The molecule has 0 bridgehead atoms. The van der Waals surface area contributed by atoms with Crippen molar-refractivity contribution < 1.29 is 4.79 Å². The first-order valence-corrected chi connectivity index (χ1v) is 8.07. The Morgan fingerprint density at radius 3 is 2.48 bits per heavy atom. The summed E-state index contributed by atoms with van der Waals surface area (Å²) >= 11 is 0. The summed E-state index contributed by atoms with van der Waals surface area (Å²) < 4.78 is 0. The Labute approximate surface area is 128 Å². The number of piperidine rings is 1. The molecule has 0 aliphatic carbocycles. The average Bonchev–Trinajstić information content (AvgIpc) is 2.50. The van der Waals surface area contributed by atoms with Crippen molar-refractivity contribution in [3.8, 4) is 0 Å². The van der Waals surface area contributed by atoms with Crippen molar-refractivity contribution in [2.24, 2.45) is 5.92 Å². The minimum atomic E-state index is 0.193. The SMILES string of the molecule is CC(=O)/C(C)=C(/CCC1CCNCC1)c1ccccc1C. The molecule has 21 heavy (non-hydrogen) atoms. The molecule has 1 aliphatic heterocycles. The Kier molecular flexibility index (Phi) is 5.75. The maximum Gasteiger partial charge on any atom is 0.155 e. The van der Waals surface area contributed by atoms with Crippen LogP contribution in [0.3, 0.4) is 0 Å². The molecule has 0 spiro atoms. The molecule has 1 aromatic carbocycles. The van der Waals surface area contributed by atoms with E-state index >= 15 is 0 Å². The third-order valence-electron chi connectivity index (χ3n) is 4.71. The average molecular weight is 285 g/mol. The standard InChI is InChI=1S/C19H27NO/c1-14-6-4-5-7-18(14)19(15(2)16(3)21)9-8-17-10-12-20-13-11-17/h4-7,17,20H,8-13H2,1-3H3/b19-15-. The highest BCUT2D eigenvalue weighted by Crippen LogP contribution is 2.30. The van der Waals surface area contributed by atoms with Crippen LogP contribution in [-0.2, 0) is 4.79 Å². The van der Waals surface area contributed by atoms with E-state index in [4.69, 9.17) is 0 Å².